The predicted octanol–water partition coefficient (Wildman–Crippen LogP) is 7.93. The summed E-state index contributed by atoms with van der Waals surface area (Å²) in [6, 6.07) is 0. The number of rotatable bonds is 10. The van der Waals surface area contributed by atoms with E-state index in [1.807, 2.05) is 0 Å². The Kier molecular flexibility index (Phi) is 12.9. The highest BCUT2D eigenvalue weighted by atomic mass is 19.2. The van der Waals surface area contributed by atoms with Crippen molar-refractivity contribution < 1.29 is 70.3 Å². The molecule has 1 nitrogen and oxygen atoms in total. The van der Waals surface area contributed by atoms with Crippen LogP contribution in [0.4, 0.5) is 65.9 Å². The van der Waals surface area contributed by atoms with Gasteiger partial charge in [0.1, 0.15) is 41.0 Å². The van der Waals surface area contributed by atoms with E-state index in [1.165, 1.54) is 37.6 Å². The minimum atomic E-state index is -5.41. The Hall–Kier alpha value is -3.37. The normalized spacial score (nSPS) is 12.0. The second kappa shape index (κ2) is 15.2. The summed E-state index contributed by atoms with van der Waals surface area (Å²) in [4.78, 5) is 0. The standard InChI is InChI=1S/C22H9BF15.C8H20N/c1-2-3-4-23(5-8(24)14(30)20(36)15(31)9(5)25,6-10(26)16(32)21(37)17(33)11(6)27)7-12(28)18(34)22(38)19(35)13(7)29;1-5-9(6-2,7-3)8-4/h2-4H2,1H3;5-8H2,1-4H3/q-1;+1. The molecule has 0 N–H and O–H groups in total. The molecule has 0 aromatic heterocycles. The number of benzene rings is 3. The SMILES string of the molecule is CCCC[B-](c1c(F)c(F)c(F)c(F)c1F)(c1c(F)c(F)c(F)c(F)c1F)c1c(F)c(F)c(F)c(F)c1F.CC[N+](CC)(CC)CC. The van der Waals surface area contributed by atoms with Crippen molar-refractivity contribution in [1.82, 2.24) is 0 Å². The van der Waals surface area contributed by atoms with E-state index in [9.17, 15) is 39.5 Å². The molecule has 0 saturated carbocycles. The predicted molar refractivity (Wildman–Crippen MR) is 145 cm³/mol. The van der Waals surface area contributed by atoms with Gasteiger partial charge in [0, 0.05) is 0 Å². The quantitative estimate of drug-likeness (QED) is 0.0664. The lowest BCUT2D eigenvalue weighted by Crippen LogP contribution is -2.73. The van der Waals surface area contributed by atoms with Gasteiger partial charge in [-0.3, -0.25) is 0 Å². The van der Waals surface area contributed by atoms with Crippen LogP contribution in [-0.2, 0) is 0 Å². The van der Waals surface area contributed by atoms with Crippen molar-refractivity contribution in [1.29, 1.82) is 0 Å². The number of hydrogen-bond donors (Lipinski definition) is 0. The van der Waals surface area contributed by atoms with Crippen LogP contribution in [0, 0.1) is 87.3 Å². The third-order valence-electron chi connectivity index (χ3n) is 8.88. The molecule has 0 spiro atoms. The maximum absolute atomic E-state index is 15.1. The second-order valence-corrected chi connectivity index (χ2v) is 10.7. The van der Waals surface area contributed by atoms with Crippen LogP contribution in [0.3, 0.4) is 0 Å². The largest absolute Gasteiger partial charge is 0.325 e. The molecule has 0 saturated heterocycles. The van der Waals surface area contributed by atoms with Crippen molar-refractivity contribution >= 4 is 22.5 Å². The molecule has 3 rings (SSSR count). The average molecular weight is 699 g/mol. The minimum absolute atomic E-state index is 0.316. The summed E-state index contributed by atoms with van der Waals surface area (Å²) in [7, 11) is 0. The van der Waals surface area contributed by atoms with Crippen LogP contribution >= 0.6 is 0 Å². The smallest absolute Gasteiger partial charge is 0.200 e. The molecular formula is C30H29BF15N. The molecule has 0 amide bonds. The van der Waals surface area contributed by atoms with Gasteiger partial charge in [-0.15, -0.1) is 16.4 Å². The van der Waals surface area contributed by atoms with Gasteiger partial charge < -0.3 is 4.48 Å². The van der Waals surface area contributed by atoms with Crippen molar-refractivity contribution in [3.63, 3.8) is 0 Å². The van der Waals surface area contributed by atoms with Crippen molar-refractivity contribution in [3.8, 4) is 0 Å². The fourth-order valence-corrected chi connectivity index (χ4v) is 5.88. The minimum Gasteiger partial charge on any atom is -0.325 e. The van der Waals surface area contributed by atoms with E-state index < -0.39 is 123 Å². The molecule has 0 aliphatic rings. The summed E-state index contributed by atoms with van der Waals surface area (Å²) in [5.41, 5.74) is -7.70. The molecule has 0 heterocycles. The summed E-state index contributed by atoms with van der Waals surface area (Å²) < 4.78 is 218. The number of halogens is 15. The zero-order valence-corrected chi connectivity index (χ0v) is 25.6. The van der Waals surface area contributed by atoms with E-state index in [0.29, 0.717) is 0 Å². The van der Waals surface area contributed by atoms with Gasteiger partial charge in [0.2, 0.25) is 0 Å². The van der Waals surface area contributed by atoms with Gasteiger partial charge in [0.15, 0.2) is 52.4 Å². The highest BCUT2D eigenvalue weighted by Crippen LogP contribution is 2.30. The number of hydrogen-bond acceptors (Lipinski definition) is 0. The molecule has 47 heavy (non-hydrogen) atoms. The number of quaternary nitrogens is 1. The van der Waals surface area contributed by atoms with Crippen LogP contribution in [0.1, 0.15) is 47.5 Å². The van der Waals surface area contributed by atoms with Gasteiger partial charge in [0.05, 0.1) is 26.2 Å². The monoisotopic (exact) mass is 699 g/mol. The maximum Gasteiger partial charge on any atom is 0.200 e. The molecule has 262 valence electrons. The maximum atomic E-state index is 15.1. The molecule has 0 fully saturated rings. The topological polar surface area (TPSA) is 0 Å². The summed E-state index contributed by atoms with van der Waals surface area (Å²) in [6.45, 7) is 15.4. The van der Waals surface area contributed by atoms with Gasteiger partial charge in [0.25, 0.3) is 0 Å². The van der Waals surface area contributed by atoms with E-state index in [0.717, 1.165) is 0 Å². The Bertz CT molecular complexity index is 1370. The van der Waals surface area contributed by atoms with Gasteiger partial charge in [-0.2, -0.15) is 6.32 Å². The molecule has 17 heteroatoms. The molecule has 3 aromatic rings. The van der Waals surface area contributed by atoms with Gasteiger partial charge in [-0.05, 0) is 27.7 Å². The lowest BCUT2D eigenvalue weighted by Gasteiger charge is -2.44. The van der Waals surface area contributed by atoms with E-state index in [2.05, 4.69) is 27.7 Å². The molecule has 0 atom stereocenters. The Labute approximate surface area is 260 Å². The van der Waals surface area contributed by atoms with Gasteiger partial charge >= 0.3 is 0 Å². The zero-order chi connectivity index (χ0) is 36.3. The van der Waals surface area contributed by atoms with Crippen LogP contribution in [0.5, 0.6) is 0 Å². The summed E-state index contributed by atoms with van der Waals surface area (Å²) in [6.07, 6.45) is -8.14. The fourth-order valence-electron chi connectivity index (χ4n) is 5.88. The first-order chi connectivity index (χ1) is 21.8. The average Bonchev–Trinajstić information content (AvgIpc) is 3.07. The summed E-state index contributed by atoms with van der Waals surface area (Å²) >= 11 is 0. The van der Waals surface area contributed by atoms with Crippen molar-refractivity contribution in [3.05, 3.63) is 87.3 Å². The number of nitrogens with zero attached hydrogens (tertiary/aromatic N) is 1. The Morgan fingerprint density at radius 1 is 0.340 bits per heavy atom. The van der Waals surface area contributed by atoms with Crippen molar-refractivity contribution in [2.75, 3.05) is 26.2 Å². The molecular weight excluding hydrogens is 670 g/mol. The first-order valence-corrected chi connectivity index (χ1v) is 14.4. The first-order valence-electron chi connectivity index (χ1n) is 14.4. The van der Waals surface area contributed by atoms with E-state index in [4.69, 9.17) is 0 Å². The summed E-state index contributed by atoms with van der Waals surface area (Å²) in [5.74, 6) is -44.7. The van der Waals surface area contributed by atoms with Gasteiger partial charge in [-0.25, -0.2) is 65.9 Å². The third kappa shape index (κ3) is 6.55. The van der Waals surface area contributed by atoms with Crippen LogP contribution in [0.2, 0.25) is 6.32 Å². The Balaban J connectivity index is 0.000000745. The Morgan fingerprint density at radius 3 is 0.681 bits per heavy atom. The molecule has 0 bridgehead atoms. The highest BCUT2D eigenvalue weighted by molar-refractivity contribution is 7.11. The highest BCUT2D eigenvalue weighted by Gasteiger charge is 2.47. The third-order valence-corrected chi connectivity index (χ3v) is 8.88. The Morgan fingerprint density at radius 2 is 0.532 bits per heavy atom. The van der Waals surface area contributed by atoms with Crippen LogP contribution < -0.4 is 16.4 Å². The lowest BCUT2D eigenvalue weighted by atomic mass is 9.13. The number of unbranched alkanes of at least 4 members (excludes halogenated alkanes) is 1. The van der Waals surface area contributed by atoms with Gasteiger partial charge in [-0.1, -0.05) is 19.8 Å². The fraction of sp³-hybridized carbons (Fsp3) is 0.400. The van der Waals surface area contributed by atoms with Crippen LogP contribution in [0.25, 0.3) is 0 Å². The first kappa shape index (κ1) is 39.8. The van der Waals surface area contributed by atoms with Crippen LogP contribution in [-0.4, -0.2) is 36.8 Å². The van der Waals surface area contributed by atoms with E-state index in [1.54, 1.807) is 0 Å². The molecule has 0 aliphatic carbocycles. The molecule has 0 radical (unpaired) electrons. The van der Waals surface area contributed by atoms with Crippen LogP contribution in [0.15, 0.2) is 0 Å². The van der Waals surface area contributed by atoms with Crippen molar-refractivity contribution in [2.24, 2.45) is 0 Å². The molecule has 3 aromatic carbocycles. The second-order valence-electron chi connectivity index (χ2n) is 10.7. The van der Waals surface area contributed by atoms with E-state index >= 15 is 26.3 Å². The lowest BCUT2D eigenvalue weighted by molar-refractivity contribution is -0.921. The zero-order valence-electron chi connectivity index (χ0n) is 25.6. The van der Waals surface area contributed by atoms with E-state index in [-0.39, 0.29) is 6.42 Å². The summed E-state index contributed by atoms with van der Waals surface area (Å²) in [5, 5.41) is 0. The molecule has 0 aliphatic heterocycles. The molecule has 0 unspecified atom stereocenters. The van der Waals surface area contributed by atoms with Crippen molar-refractivity contribution in [2.45, 2.75) is 53.8 Å².